The van der Waals surface area contributed by atoms with E-state index in [9.17, 15) is 4.79 Å². The monoisotopic (exact) mass is 307 g/mol. The number of hydrogen-bond acceptors (Lipinski definition) is 2. The zero-order valence-electron chi connectivity index (χ0n) is 13.4. The highest BCUT2D eigenvalue weighted by atomic mass is 16.5. The van der Waals surface area contributed by atoms with Crippen molar-refractivity contribution in [3.05, 3.63) is 65.7 Å². The molecule has 1 aliphatic heterocycles. The van der Waals surface area contributed by atoms with Gasteiger partial charge in [0.05, 0.1) is 7.11 Å². The summed E-state index contributed by atoms with van der Waals surface area (Å²) in [5.41, 5.74) is 2.70. The molecular weight excluding hydrogens is 286 g/mol. The van der Waals surface area contributed by atoms with Gasteiger partial charge in [-0.15, -0.1) is 0 Å². The SMILES string of the molecule is COc1ccc(C=C(C(=O)N2CCCC2)c2ccccc2)cc1. The van der Waals surface area contributed by atoms with Crippen molar-refractivity contribution >= 4 is 17.6 Å². The summed E-state index contributed by atoms with van der Waals surface area (Å²) in [5.74, 6) is 0.929. The first-order chi connectivity index (χ1) is 11.3. The molecule has 0 aromatic heterocycles. The van der Waals surface area contributed by atoms with Crippen LogP contribution in [-0.2, 0) is 4.79 Å². The Balaban J connectivity index is 1.96. The molecule has 3 nitrogen and oxygen atoms in total. The molecule has 0 radical (unpaired) electrons. The zero-order valence-corrected chi connectivity index (χ0v) is 13.4. The standard InChI is InChI=1S/C20H21NO2/c1-23-18-11-9-16(10-12-18)15-19(17-7-3-2-4-8-17)20(22)21-13-5-6-14-21/h2-4,7-12,15H,5-6,13-14H2,1H3. The van der Waals surface area contributed by atoms with Gasteiger partial charge in [0.15, 0.2) is 0 Å². The molecule has 2 aromatic carbocycles. The van der Waals surface area contributed by atoms with Crippen LogP contribution in [0.5, 0.6) is 5.75 Å². The van der Waals surface area contributed by atoms with E-state index in [1.807, 2.05) is 65.6 Å². The molecule has 1 saturated heterocycles. The van der Waals surface area contributed by atoms with E-state index in [0.29, 0.717) is 0 Å². The van der Waals surface area contributed by atoms with E-state index in [-0.39, 0.29) is 5.91 Å². The van der Waals surface area contributed by atoms with Crippen molar-refractivity contribution in [2.24, 2.45) is 0 Å². The van der Waals surface area contributed by atoms with Crippen LogP contribution in [0.1, 0.15) is 24.0 Å². The first kappa shape index (κ1) is 15.3. The van der Waals surface area contributed by atoms with Crippen LogP contribution in [0, 0.1) is 0 Å². The first-order valence-electron chi connectivity index (χ1n) is 7.98. The van der Waals surface area contributed by atoms with Crippen molar-refractivity contribution in [1.29, 1.82) is 0 Å². The molecule has 0 saturated carbocycles. The topological polar surface area (TPSA) is 29.5 Å². The highest BCUT2D eigenvalue weighted by Gasteiger charge is 2.22. The van der Waals surface area contributed by atoms with Gasteiger partial charge in [-0.05, 0) is 42.2 Å². The first-order valence-corrected chi connectivity index (χ1v) is 7.98. The maximum absolute atomic E-state index is 12.9. The molecule has 3 rings (SSSR count). The Labute approximate surface area is 137 Å². The molecular formula is C20H21NO2. The fraction of sp³-hybridized carbons (Fsp3) is 0.250. The molecule has 1 aliphatic rings. The number of amides is 1. The van der Waals surface area contributed by atoms with Crippen LogP contribution in [-0.4, -0.2) is 31.0 Å². The van der Waals surface area contributed by atoms with E-state index in [1.165, 1.54) is 0 Å². The normalized spacial score (nSPS) is 14.8. The smallest absolute Gasteiger partial charge is 0.254 e. The Morgan fingerprint density at radius 1 is 1.00 bits per heavy atom. The molecule has 118 valence electrons. The van der Waals surface area contributed by atoms with Gasteiger partial charge in [-0.3, -0.25) is 4.79 Å². The Bertz CT molecular complexity index is 683. The van der Waals surface area contributed by atoms with Crippen molar-refractivity contribution in [3.8, 4) is 5.75 Å². The number of methoxy groups -OCH3 is 1. The number of benzene rings is 2. The minimum Gasteiger partial charge on any atom is -0.497 e. The third-order valence-corrected chi connectivity index (χ3v) is 4.14. The van der Waals surface area contributed by atoms with E-state index in [0.717, 1.165) is 48.4 Å². The molecule has 1 fully saturated rings. The van der Waals surface area contributed by atoms with Gasteiger partial charge in [0.2, 0.25) is 0 Å². The quantitative estimate of drug-likeness (QED) is 0.634. The van der Waals surface area contributed by atoms with Crippen LogP contribution in [0.2, 0.25) is 0 Å². The second kappa shape index (κ2) is 7.14. The van der Waals surface area contributed by atoms with Crippen molar-refractivity contribution in [3.63, 3.8) is 0 Å². The lowest BCUT2D eigenvalue weighted by Crippen LogP contribution is -2.28. The third kappa shape index (κ3) is 3.62. The minimum absolute atomic E-state index is 0.115. The highest BCUT2D eigenvalue weighted by molar-refractivity contribution is 6.24. The van der Waals surface area contributed by atoms with Crippen molar-refractivity contribution in [2.45, 2.75) is 12.8 Å². The summed E-state index contributed by atoms with van der Waals surface area (Å²) in [6, 6.07) is 17.6. The van der Waals surface area contributed by atoms with Gasteiger partial charge in [-0.1, -0.05) is 42.5 Å². The molecule has 0 unspecified atom stereocenters. The maximum atomic E-state index is 12.9. The Morgan fingerprint density at radius 3 is 2.26 bits per heavy atom. The van der Waals surface area contributed by atoms with Crippen LogP contribution in [0.25, 0.3) is 11.6 Å². The summed E-state index contributed by atoms with van der Waals surface area (Å²) < 4.78 is 5.19. The van der Waals surface area contributed by atoms with E-state index in [1.54, 1.807) is 7.11 Å². The summed E-state index contributed by atoms with van der Waals surface area (Å²) >= 11 is 0. The summed E-state index contributed by atoms with van der Waals surface area (Å²) in [6.45, 7) is 1.71. The number of carbonyl (C=O) groups excluding carboxylic acids is 1. The van der Waals surface area contributed by atoms with Gasteiger partial charge in [-0.25, -0.2) is 0 Å². The second-order valence-electron chi connectivity index (χ2n) is 5.70. The fourth-order valence-electron chi connectivity index (χ4n) is 2.84. The molecule has 0 atom stereocenters. The summed E-state index contributed by atoms with van der Waals surface area (Å²) in [6.07, 6.45) is 4.15. The van der Waals surface area contributed by atoms with E-state index in [4.69, 9.17) is 4.74 Å². The van der Waals surface area contributed by atoms with Gasteiger partial charge in [-0.2, -0.15) is 0 Å². The van der Waals surface area contributed by atoms with Gasteiger partial charge >= 0.3 is 0 Å². The molecule has 1 heterocycles. The molecule has 0 aliphatic carbocycles. The average molecular weight is 307 g/mol. The van der Waals surface area contributed by atoms with E-state index in [2.05, 4.69) is 0 Å². The molecule has 1 amide bonds. The second-order valence-corrected chi connectivity index (χ2v) is 5.70. The number of carbonyl (C=O) groups is 1. The Hall–Kier alpha value is -2.55. The third-order valence-electron chi connectivity index (χ3n) is 4.14. The number of likely N-dealkylation sites (tertiary alicyclic amines) is 1. The lowest BCUT2D eigenvalue weighted by atomic mass is 10.0. The number of ether oxygens (including phenoxy) is 1. The van der Waals surface area contributed by atoms with Crippen molar-refractivity contribution in [1.82, 2.24) is 4.90 Å². The summed E-state index contributed by atoms with van der Waals surface area (Å²) in [4.78, 5) is 14.9. The van der Waals surface area contributed by atoms with Gasteiger partial charge in [0, 0.05) is 18.7 Å². The highest BCUT2D eigenvalue weighted by Crippen LogP contribution is 2.24. The van der Waals surface area contributed by atoms with Gasteiger partial charge in [0.1, 0.15) is 5.75 Å². The number of nitrogens with zero attached hydrogens (tertiary/aromatic N) is 1. The predicted octanol–water partition coefficient (Wildman–Crippen LogP) is 3.86. The molecule has 23 heavy (non-hydrogen) atoms. The fourth-order valence-corrected chi connectivity index (χ4v) is 2.84. The van der Waals surface area contributed by atoms with Crippen molar-refractivity contribution in [2.75, 3.05) is 20.2 Å². The van der Waals surface area contributed by atoms with E-state index >= 15 is 0 Å². The largest absolute Gasteiger partial charge is 0.497 e. The summed E-state index contributed by atoms with van der Waals surface area (Å²) in [5, 5.41) is 0. The molecule has 0 bridgehead atoms. The average Bonchev–Trinajstić information content (AvgIpc) is 3.15. The van der Waals surface area contributed by atoms with Crippen molar-refractivity contribution < 1.29 is 9.53 Å². The minimum atomic E-state index is 0.115. The van der Waals surface area contributed by atoms with Crippen LogP contribution in [0.15, 0.2) is 54.6 Å². The van der Waals surface area contributed by atoms with Crippen LogP contribution in [0.3, 0.4) is 0 Å². The molecule has 3 heteroatoms. The van der Waals surface area contributed by atoms with Crippen LogP contribution in [0.4, 0.5) is 0 Å². The maximum Gasteiger partial charge on any atom is 0.254 e. The Kier molecular flexibility index (Phi) is 4.77. The lowest BCUT2D eigenvalue weighted by Gasteiger charge is -2.18. The van der Waals surface area contributed by atoms with Crippen LogP contribution < -0.4 is 4.74 Å². The molecule has 0 spiro atoms. The number of hydrogen-bond donors (Lipinski definition) is 0. The molecule has 2 aromatic rings. The number of rotatable bonds is 4. The zero-order chi connectivity index (χ0) is 16.1. The van der Waals surface area contributed by atoms with Gasteiger partial charge < -0.3 is 9.64 Å². The van der Waals surface area contributed by atoms with Gasteiger partial charge in [0.25, 0.3) is 5.91 Å². The molecule has 0 N–H and O–H groups in total. The van der Waals surface area contributed by atoms with E-state index < -0.39 is 0 Å². The predicted molar refractivity (Wildman–Crippen MR) is 93.1 cm³/mol. The Morgan fingerprint density at radius 2 is 1.65 bits per heavy atom. The lowest BCUT2D eigenvalue weighted by molar-refractivity contribution is -0.123. The van der Waals surface area contributed by atoms with Crippen LogP contribution >= 0.6 is 0 Å². The summed E-state index contributed by atoms with van der Waals surface area (Å²) in [7, 11) is 1.65.